The number of hydrogen-bond donors (Lipinski definition) is 3. The lowest BCUT2D eigenvalue weighted by molar-refractivity contribution is -0.258. The van der Waals surface area contributed by atoms with Crippen molar-refractivity contribution in [3.63, 3.8) is 0 Å². The van der Waals surface area contributed by atoms with Gasteiger partial charge in [0.2, 0.25) is 0 Å². The molecule has 0 aliphatic carbocycles. The lowest BCUT2D eigenvalue weighted by Crippen LogP contribution is -2.54. The molecule has 23 heavy (non-hydrogen) atoms. The average Bonchev–Trinajstić information content (AvgIpc) is 2.53. The van der Waals surface area contributed by atoms with Crippen molar-refractivity contribution in [3.8, 4) is 0 Å². The lowest BCUT2D eigenvalue weighted by Gasteiger charge is -2.36. The van der Waals surface area contributed by atoms with Gasteiger partial charge in [0.15, 0.2) is 0 Å². The molecule has 1 aromatic carbocycles. The van der Waals surface area contributed by atoms with E-state index in [9.17, 15) is 18.6 Å². The highest BCUT2D eigenvalue weighted by molar-refractivity contribution is 7.86. The van der Waals surface area contributed by atoms with E-state index in [1.54, 1.807) is 12.1 Å². The van der Waals surface area contributed by atoms with Crippen molar-refractivity contribution in [2.75, 3.05) is 20.0 Å². The zero-order chi connectivity index (χ0) is 17.0. The Kier molecular flexibility index (Phi) is 6.09. The standard InChI is InChI=1S/C14H20O8S/c1-9-2-4-10(5-3-9)23(18,19)22-7-12-13(17)14(11(16)6-15)21-8-20-12/h2-5,11-17H,6-8H2,1H3. The van der Waals surface area contributed by atoms with Gasteiger partial charge in [0.1, 0.15) is 31.2 Å². The summed E-state index contributed by atoms with van der Waals surface area (Å²) in [5, 5.41) is 28.5. The first-order valence-electron chi connectivity index (χ1n) is 7.01. The molecule has 0 saturated carbocycles. The topological polar surface area (TPSA) is 123 Å². The van der Waals surface area contributed by atoms with E-state index in [0.29, 0.717) is 0 Å². The molecule has 1 aliphatic heterocycles. The Balaban J connectivity index is 2.00. The highest BCUT2D eigenvalue weighted by atomic mass is 32.2. The molecule has 4 atom stereocenters. The van der Waals surface area contributed by atoms with Crippen molar-refractivity contribution in [2.45, 2.75) is 36.2 Å². The first kappa shape index (κ1) is 18.3. The molecule has 130 valence electrons. The summed E-state index contributed by atoms with van der Waals surface area (Å²) in [5.41, 5.74) is 0.910. The van der Waals surface area contributed by atoms with Crippen LogP contribution in [0.1, 0.15) is 5.56 Å². The van der Waals surface area contributed by atoms with Crippen LogP contribution >= 0.6 is 0 Å². The number of benzene rings is 1. The van der Waals surface area contributed by atoms with E-state index >= 15 is 0 Å². The molecule has 3 N–H and O–H groups in total. The van der Waals surface area contributed by atoms with Crippen LogP contribution in [0.4, 0.5) is 0 Å². The smallest absolute Gasteiger partial charge is 0.297 e. The van der Waals surface area contributed by atoms with Crippen molar-refractivity contribution in [2.24, 2.45) is 0 Å². The molecule has 0 radical (unpaired) electrons. The van der Waals surface area contributed by atoms with Crippen LogP contribution in [-0.4, -0.2) is 68.2 Å². The van der Waals surface area contributed by atoms with E-state index in [1.807, 2.05) is 6.92 Å². The maximum atomic E-state index is 12.1. The molecule has 8 nitrogen and oxygen atoms in total. The van der Waals surface area contributed by atoms with E-state index in [0.717, 1.165) is 5.56 Å². The van der Waals surface area contributed by atoms with Crippen molar-refractivity contribution < 1.29 is 37.4 Å². The molecule has 1 aliphatic rings. The lowest BCUT2D eigenvalue weighted by atomic mass is 10.0. The molecule has 1 saturated heterocycles. The molecule has 2 rings (SSSR count). The summed E-state index contributed by atoms with van der Waals surface area (Å²) in [5.74, 6) is 0. The van der Waals surface area contributed by atoms with Gasteiger partial charge in [-0.2, -0.15) is 8.42 Å². The maximum Gasteiger partial charge on any atom is 0.297 e. The normalized spacial score (nSPS) is 26.9. The predicted molar refractivity (Wildman–Crippen MR) is 78.0 cm³/mol. The van der Waals surface area contributed by atoms with Crippen LogP contribution in [0.25, 0.3) is 0 Å². The molecule has 1 aromatic rings. The van der Waals surface area contributed by atoms with Gasteiger partial charge in [-0.15, -0.1) is 0 Å². The molecule has 0 aromatic heterocycles. The average molecular weight is 348 g/mol. The zero-order valence-corrected chi connectivity index (χ0v) is 13.3. The fourth-order valence-corrected chi connectivity index (χ4v) is 3.05. The van der Waals surface area contributed by atoms with Crippen LogP contribution in [0.5, 0.6) is 0 Å². The van der Waals surface area contributed by atoms with E-state index in [4.69, 9.17) is 18.8 Å². The number of ether oxygens (including phenoxy) is 2. The minimum absolute atomic E-state index is 0.00316. The zero-order valence-electron chi connectivity index (χ0n) is 12.5. The number of hydrogen-bond acceptors (Lipinski definition) is 8. The van der Waals surface area contributed by atoms with Gasteiger partial charge in [0.05, 0.1) is 18.1 Å². The van der Waals surface area contributed by atoms with Gasteiger partial charge >= 0.3 is 0 Å². The molecule has 1 heterocycles. The van der Waals surface area contributed by atoms with Gasteiger partial charge in [-0.1, -0.05) is 17.7 Å². The van der Waals surface area contributed by atoms with Crippen molar-refractivity contribution in [1.82, 2.24) is 0 Å². The van der Waals surface area contributed by atoms with Gasteiger partial charge < -0.3 is 24.8 Å². The number of aryl methyl sites for hydroxylation is 1. The van der Waals surface area contributed by atoms with E-state index < -0.39 is 47.7 Å². The largest absolute Gasteiger partial charge is 0.394 e. The van der Waals surface area contributed by atoms with Gasteiger partial charge in [-0.3, -0.25) is 4.18 Å². The van der Waals surface area contributed by atoms with Crippen LogP contribution in [0.2, 0.25) is 0 Å². The molecule has 9 heteroatoms. The van der Waals surface area contributed by atoms with E-state index in [1.165, 1.54) is 12.1 Å². The molecule has 0 bridgehead atoms. The van der Waals surface area contributed by atoms with Crippen molar-refractivity contribution >= 4 is 10.1 Å². The number of aliphatic hydroxyl groups is 3. The van der Waals surface area contributed by atoms with Gasteiger partial charge in [-0.25, -0.2) is 0 Å². The summed E-state index contributed by atoms with van der Waals surface area (Å²) < 4.78 is 39.2. The highest BCUT2D eigenvalue weighted by Crippen LogP contribution is 2.20. The minimum Gasteiger partial charge on any atom is -0.394 e. The Morgan fingerprint density at radius 2 is 1.96 bits per heavy atom. The third kappa shape index (κ3) is 4.48. The number of aliphatic hydroxyl groups excluding tert-OH is 3. The van der Waals surface area contributed by atoms with Crippen LogP contribution in [0.3, 0.4) is 0 Å². The molecule has 0 spiro atoms. The van der Waals surface area contributed by atoms with Crippen molar-refractivity contribution in [3.05, 3.63) is 29.8 Å². The van der Waals surface area contributed by atoms with Crippen LogP contribution in [-0.2, 0) is 23.8 Å². The molecular weight excluding hydrogens is 328 g/mol. The minimum atomic E-state index is -3.99. The summed E-state index contributed by atoms with van der Waals surface area (Å²) in [4.78, 5) is -0.00316. The van der Waals surface area contributed by atoms with E-state index in [-0.39, 0.29) is 11.7 Å². The Hall–Kier alpha value is -1.07. The first-order chi connectivity index (χ1) is 10.8. The molecule has 1 fully saturated rings. The van der Waals surface area contributed by atoms with Crippen LogP contribution in [0, 0.1) is 6.92 Å². The Labute approximate surface area is 134 Å². The second kappa shape index (κ2) is 7.67. The quantitative estimate of drug-likeness (QED) is 0.569. The third-order valence-corrected chi connectivity index (χ3v) is 4.82. The van der Waals surface area contributed by atoms with Gasteiger partial charge in [0.25, 0.3) is 10.1 Å². The summed E-state index contributed by atoms with van der Waals surface area (Å²) in [6.07, 6.45) is -4.72. The van der Waals surface area contributed by atoms with Crippen LogP contribution < -0.4 is 0 Å². The second-order valence-electron chi connectivity index (χ2n) is 5.25. The molecule has 4 unspecified atom stereocenters. The SMILES string of the molecule is Cc1ccc(S(=O)(=O)OCC2OCOC(C(O)CO)C2O)cc1. The van der Waals surface area contributed by atoms with Gasteiger partial charge in [0, 0.05) is 0 Å². The summed E-state index contributed by atoms with van der Waals surface area (Å²) >= 11 is 0. The summed E-state index contributed by atoms with van der Waals surface area (Å²) in [7, 11) is -3.99. The first-order valence-corrected chi connectivity index (χ1v) is 8.42. The van der Waals surface area contributed by atoms with Gasteiger partial charge in [-0.05, 0) is 19.1 Å². The Morgan fingerprint density at radius 3 is 2.57 bits per heavy atom. The van der Waals surface area contributed by atoms with Crippen LogP contribution in [0.15, 0.2) is 29.2 Å². The van der Waals surface area contributed by atoms with Crippen molar-refractivity contribution in [1.29, 1.82) is 0 Å². The summed E-state index contributed by atoms with van der Waals surface area (Å²) in [6.45, 7) is 0.542. The predicted octanol–water partition coefficient (Wildman–Crippen LogP) is -0.844. The number of rotatable bonds is 6. The fourth-order valence-electron chi connectivity index (χ4n) is 2.13. The summed E-state index contributed by atoms with van der Waals surface area (Å²) in [6, 6.07) is 6.13. The highest BCUT2D eigenvalue weighted by Gasteiger charge is 2.38. The Morgan fingerprint density at radius 1 is 1.30 bits per heavy atom. The third-order valence-electron chi connectivity index (χ3n) is 3.52. The monoisotopic (exact) mass is 348 g/mol. The Bertz CT molecular complexity index is 600. The molecular formula is C14H20O8S. The second-order valence-corrected chi connectivity index (χ2v) is 6.86. The maximum absolute atomic E-state index is 12.1. The van der Waals surface area contributed by atoms with E-state index in [2.05, 4.69) is 0 Å². The fraction of sp³-hybridized carbons (Fsp3) is 0.571. The molecule has 0 amide bonds.